The molecule has 27 heavy (non-hydrogen) atoms. The second-order valence-electron chi connectivity index (χ2n) is 7.14. The monoisotopic (exact) mass is 373 g/mol. The molecule has 0 radical (unpaired) electrons. The minimum Gasteiger partial charge on any atom is -0.508 e. The zero-order chi connectivity index (χ0) is 19.3. The quantitative estimate of drug-likeness (QED) is 0.726. The molecule has 1 saturated carbocycles. The van der Waals surface area contributed by atoms with E-state index in [1.807, 2.05) is 0 Å². The third-order valence-corrected chi connectivity index (χ3v) is 5.05. The van der Waals surface area contributed by atoms with Crippen molar-refractivity contribution in [3.05, 3.63) is 59.9 Å². The van der Waals surface area contributed by atoms with Crippen LogP contribution in [0.25, 0.3) is 0 Å². The average Bonchev–Trinajstić information content (AvgIpc) is 2.67. The van der Waals surface area contributed by atoms with E-state index in [0.717, 1.165) is 12.8 Å². The summed E-state index contributed by atoms with van der Waals surface area (Å²) in [5.74, 6) is -0.0616. The van der Waals surface area contributed by atoms with Gasteiger partial charge < -0.3 is 20.3 Å². The maximum atomic E-state index is 13.6. The summed E-state index contributed by atoms with van der Waals surface area (Å²) in [7, 11) is 0. The van der Waals surface area contributed by atoms with Gasteiger partial charge in [-0.1, -0.05) is 12.1 Å². The fraction of sp³-hybridized carbons (Fsp3) is 0.381. The second kappa shape index (κ2) is 8.39. The van der Waals surface area contributed by atoms with Crippen LogP contribution in [0.2, 0.25) is 0 Å². The van der Waals surface area contributed by atoms with Crippen molar-refractivity contribution in [1.29, 1.82) is 0 Å². The maximum Gasteiger partial charge on any atom is 0.251 e. The molecular formula is C21H24FNO4. The molecule has 0 bridgehead atoms. The number of nitrogens with one attached hydrogen (secondary N) is 1. The van der Waals surface area contributed by atoms with E-state index in [0.29, 0.717) is 25.0 Å². The summed E-state index contributed by atoms with van der Waals surface area (Å²) in [5, 5.41) is 22.7. The SMILES string of the molecule is O=C(NCC1(O)CCC(COc2ccccc2F)CC1)c1ccc(O)cc1. The number of benzene rings is 2. The number of rotatable bonds is 6. The smallest absolute Gasteiger partial charge is 0.251 e. The Morgan fingerprint density at radius 3 is 2.48 bits per heavy atom. The van der Waals surface area contributed by atoms with Crippen LogP contribution in [0, 0.1) is 11.7 Å². The maximum absolute atomic E-state index is 13.6. The van der Waals surface area contributed by atoms with Crippen molar-refractivity contribution in [3.8, 4) is 11.5 Å². The van der Waals surface area contributed by atoms with E-state index >= 15 is 0 Å². The molecule has 0 heterocycles. The molecule has 2 aromatic carbocycles. The lowest BCUT2D eigenvalue weighted by atomic mass is 9.79. The predicted octanol–water partition coefficient (Wildman–Crippen LogP) is 3.26. The first-order chi connectivity index (χ1) is 13.0. The lowest BCUT2D eigenvalue weighted by Gasteiger charge is -2.36. The summed E-state index contributed by atoms with van der Waals surface area (Å²) in [6, 6.07) is 12.3. The molecule has 1 aliphatic rings. The molecular weight excluding hydrogens is 349 g/mol. The standard InChI is InChI=1S/C21H24FNO4/c22-18-3-1-2-4-19(18)27-13-15-9-11-21(26,12-10-15)14-23-20(25)16-5-7-17(24)8-6-16/h1-8,15,24,26H,9-14H2,(H,23,25). The highest BCUT2D eigenvalue weighted by Crippen LogP contribution is 2.32. The molecule has 0 unspecified atom stereocenters. The Kier molecular flexibility index (Phi) is 5.96. The molecule has 0 aliphatic heterocycles. The van der Waals surface area contributed by atoms with Crippen LogP contribution < -0.4 is 10.1 Å². The van der Waals surface area contributed by atoms with Gasteiger partial charge in [-0.3, -0.25) is 4.79 Å². The van der Waals surface area contributed by atoms with Gasteiger partial charge in [0.15, 0.2) is 11.6 Å². The van der Waals surface area contributed by atoms with E-state index in [1.165, 1.54) is 30.3 Å². The average molecular weight is 373 g/mol. The molecule has 0 spiro atoms. The number of ether oxygens (including phenoxy) is 1. The van der Waals surface area contributed by atoms with Gasteiger partial charge in [-0.05, 0) is 68.0 Å². The van der Waals surface area contributed by atoms with Crippen LogP contribution >= 0.6 is 0 Å². The van der Waals surface area contributed by atoms with Gasteiger partial charge in [0.1, 0.15) is 5.75 Å². The first kappa shape index (κ1) is 19.2. The largest absolute Gasteiger partial charge is 0.508 e. The summed E-state index contributed by atoms with van der Waals surface area (Å²) in [4.78, 5) is 12.1. The molecule has 1 fully saturated rings. The molecule has 3 rings (SSSR count). The van der Waals surface area contributed by atoms with Crippen molar-refractivity contribution < 1.29 is 24.1 Å². The van der Waals surface area contributed by atoms with E-state index in [9.17, 15) is 19.4 Å². The number of carbonyl (C=O) groups excluding carboxylic acids is 1. The Hall–Kier alpha value is -2.60. The van der Waals surface area contributed by atoms with Crippen molar-refractivity contribution in [3.63, 3.8) is 0 Å². The van der Waals surface area contributed by atoms with Gasteiger partial charge >= 0.3 is 0 Å². The number of aliphatic hydroxyl groups is 1. The summed E-state index contributed by atoms with van der Waals surface area (Å²) < 4.78 is 19.1. The Bertz CT molecular complexity index is 770. The van der Waals surface area contributed by atoms with E-state index in [-0.39, 0.29) is 35.7 Å². The zero-order valence-corrected chi connectivity index (χ0v) is 15.0. The van der Waals surface area contributed by atoms with Gasteiger partial charge in [0, 0.05) is 12.1 Å². The highest BCUT2D eigenvalue weighted by Gasteiger charge is 2.33. The van der Waals surface area contributed by atoms with E-state index in [4.69, 9.17) is 4.74 Å². The topological polar surface area (TPSA) is 78.8 Å². The predicted molar refractivity (Wildman–Crippen MR) is 99.2 cm³/mol. The van der Waals surface area contributed by atoms with Gasteiger partial charge in [-0.2, -0.15) is 0 Å². The third kappa shape index (κ3) is 5.20. The molecule has 6 heteroatoms. The van der Waals surface area contributed by atoms with E-state index < -0.39 is 5.60 Å². The Morgan fingerprint density at radius 2 is 1.81 bits per heavy atom. The van der Waals surface area contributed by atoms with Crippen molar-refractivity contribution in [1.82, 2.24) is 5.32 Å². The molecule has 0 aromatic heterocycles. The summed E-state index contributed by atoms with van der Waals surface area (Å²) in [5.41, 5.74) is -0.510. The Balaban J connectivity index is 1.44. The first-order valence-electron chi connectivity index (χ1n) is 9.12. The molecule has 0 atom stereocenters. The van der Waals surface area contributed by atoms with Gasteiger partial charge in [0.25, 0.3) is 5.91 Å². The number of phenols is 1. The molecule has 2 aromatic rings. The molecule has 3 N–H and O–H groups in total. The molecule has 1 aliphatic carbocycles. The van der Waals surface area contributed by atoms with Gasteiger partial charge in [0.05, 0.1) is 12.2 Å². The third-order valence-electron chi connectivity index (χ3n) is 5.05. The molecule has 144 valence electrons. The van der Waals surface area contributed by atoms with Gasteiger partial charge in [-0.25, -0.2) is 4.39 Å². The molecule has 5 nitrogen and oxygen atoms in total. The second-order valence-corrected chi connectivity index (χ2v) is 7.14. The van der Waals surface area contributed by atoms with Crippen LogP contribution in [-0.2, 0) is 0 Å². The van der Waals surface area contributed by atoms with E-state index in [1.54, 1.807) is 18.2 Å². The molecule has 1 amide bonds. The number of carbonyl (C=O) groups is 1. The van der Waals surface area contributed by atoms with Crippen LogP contribution in [0.5, 0.6) is 11.5 Å². The zero-order valence-electron chi connectivity index (χ0n) is 15.0. The summed E-state index contributed by atoms with van der Waals surface area (Å²) >= 11 is 0. The summed E-state index contributed by atoms with van der Waals surface area (Å²) in [6.07, 6.45) is 2.60. The van der Waals surface area contributed by atoms with E-state index in [2.05, 4.69) is 5.32 Å². The lowest BCUT2D eigenvalue weighted by Crippen LogP contribution is -2.45. The van der Waals surface area contributed by atoms with Crippen LogP contribution in [0.15, 0.2) is 48.5 Å². The van der Waals surface area contributed by atoms with Crippen molar-refractivity contribution in [2.24, 2.45) is 5.92 Å². The lowest BCUT2D eigenvalue weighted by molar-refractivity contribution is -0.0131. The number of para-hydroxylation sites is 1. The van der Waals surface area contributed by atoms with Gasteiger partial charge in [0.2, 0.25) is 0 Å². The van der Waals surface area contributed by atoms with Gasteiger partial charge in [-0.15, -0.1) is 0 Å². The van der Waals surface area contributed by atoms with Crippen LogP contribution in [0.1, 0.15) is 36.0 Å². The van der Waals surface area contributed by atoms with Crippen molar-refractivity contribution in [2.75, 3.05) is 13.2 Å². The highest BCUT2D eigenvalue weighted by atomic mass is 19.1. The number of hydrogen-bond acceptors (Lipinski definition) is 4. The number of phenolic OH excluding ortho intramolecular Hbond substituents is 1. The normalized spacial score (nSPS) is 22.2. The Labute approximate surface area is 157 Å². The number of aromatic hydroxyl groups is 1. The number of hydrogen-bond donors (Lipinski definition) is 3. The van der Waals surface area contributed by atoms with Crippen molar-refractivity contribution in [2.45, 2.75) is 31.3 Å². The highest BCUT2D eigenvalue weighted by molar-refractivity contribution is 5.94. The van der Waals surface area contributed by atoms with Crippen LogP contribution in [-0.4, -0.2) is 34.9 Å². The Morgan fingerprint density at radius 1 is 1.15 bits per heavy atom. The van der Waals surface area contributed by atoms with Crippen LogP contribution in [0.3, 0.4) is 0 Å². The minimum atomic E-state index is -0.943. The fourth-order valence-electron chi connectivity index (χ4n) is 3.29. The minimum absolute atomic E-state index is 0.0982. The van der Waals surface area contributed by atoms with Crippen molar-refractivity contribution >= 4 is 5.91 Å². The number of amides is 1. The van der Waals surface area contributed by atoms with Crippen LogP contribution in [0.4, 0.5) is 4.39 Å². The first-order valence-corrected chi connectivity index (χ1v) is 9.12. The fourth-order valence-corrected chi connectivity index (χ4v) is 3.29. The number of halogens is 1. The molecule has 0 saturated heterocycles. The summed E-state index contributed by atoms with van der Waals surface area (Å²) in [6.45, 7) is 0.588.